The van der Waals surface area contributed by atoms with Gasteiger partial charge in [0.25, 0.3) is 0 Å². The summed E-state index contributed by atoms with van der Waals surface area (Å²) < 4.78 is 21.5. The minimum absolute atomic E-state index is 0.00130. The van der Waals surface area contributed by atoms with Crippen LogP contribution in [0.1, 0.15) is 136 Å². The second kappa shape index (κ2) is 51.8. The van der Waals surface area contributed by atoms with Gasteiger partial charge in [-0.25, -0.2) is 0 Å². The van der Waals surface area contributed by atoms with Crippen LogP contribution in [0.4, 0.5) is 0 Å². The number of ketones is 1. The van der Waals surface area contributed by atoms with Crippen molar-refractivity contribution in [2.24, 2.45) is 40.5 Å². The number of benzene rings is 1. The minimum Gasteiger partial charge on any atom is -0.392 e. The number of Topliss-reactive ketones (excluding diaryl/α,β-unsaturated/α-hetero) is 1. The van der Waals surface area contributed by atoms with Crippen molar-refractivity contribution in [1.29, 1.82) is 0 Å². The van der Waals surface area contributed by atoms with Gasteiger partial charge in [-0.1, -0.05) is 82.7 Å². The molecule has 1 aliphatic heterocycles. The molecule has 0 radical (unpaired) electrons. The number of rotatable bonds is 44. The van der Waals surface area contributed by atoms with Crippen molar-refractivity contribution in [2.75, 3.05) is 92.1 Å². The van der Waals surface area contributed by atoms with Crippen molar-refractivity contribution < 1.29 is 81.9 Å². The van der Waals surface area contributed by atoms with Crippen molar-refractivity contribution >= 4 is 64.9 Å². The van der Waals surface area contributed by atoms with E-state index in [1.807, 2.05) is 6.92 Å². The van der Waals surface area contributed by atoms with Gasteiger partial charge in [-0.05, 0) is 115 Å². The highest BCUT2D eigenvalue weighted by Crippen LogP contribution is 2.21. The van der Waals surface area contributed by atoms with E-state index in [-0.39, 0.29) is 154 Å². The van der Waals surface area contributed by atoms with Gasteiger partial charge in [-0.2, -0.15) is 0 Å². The average Bonchev–Trinajstić information content (AvgIpc) is 1.19. The SMILES string of the molecule is C#CCOCCOCCOCCOCCC(=O)N[C@@H](CCN)C(=O)CCCC[C@H](C(=O)N[C@@H](CCN)C(=O)N[C@H]1CCNC(=O)[C@H]([C@@H](C)O)NC(=O)[C@H](CCN)NC(=O)[C@H](CCN)NC(=O)[C@H](CC(C)C)NC(=O)[C@@H](Cc2ccccc2)NC(=O)[C@H](CCN)NC1=O)[C@H](O)CCCCC. The van der Waals surface area contributed by atoms with Crippen LogP contribution in [0.15, 0.2) is 30.3 Å². The fourth-order valence-electron chi connectivity index (χ4n) is 10.6. The van der Waals surface area contributed by atoms with Crippen molar-refractivity contribution in [2.45, 2.75) is 203 Å². The first-order valence-electron chi connectivity index (χ1n) is 34.7. The lowest BCUT2D eigenvalue weighted by Gasteiger charge is -2.29. The summed E-state index contributed by atoms with van der Waals surface area (Å²) in [4.78, 5) is 155. The van der Waals surface area contributed by atoms with E-state index in [0.717, 1.165) is 12.8 Å². The molecule has 0 saturated carbocycles. The molecule has 1 fully saturated rings. The van der Waals surface area contributed by atoms with E-state index in [0.29, 0.717) is 38.4 Å². The van der Waals surface area contributed by atoms with Crippen LogP contribution in [0.3, 0.4) is 0 Å². The van der Waals surface area contributed by atoms with E-state index in [9.17, 15) is 63.0 Å². The molecular formula is C67H115N15O17. The normalized spacial score (nSPS) is 21.0. The number of ether oxygens (including phenoxy) is 4. The number of aliphatic hydroxyl groups is 2. The number of hydrogen-bond donors (Lipinski definition) is 17. The third-order valence-corrected chi connectivity index (χ3v) is 16.1. The van der Waals surface area contributed by atoms with Crippen molar-refractivity contribution in [3.05, 3.63) is 35.9 Å². The number of hydrogen-bond acceptors (Lipinski definition) is 22. The van der Waals surface area contributed by atoms with Gasteiger partial charge in [0.1, 0.15) is 54.9 Å². The number of carbonyl (C=O) groups excluding carboxylic acids is 11. The molecule has 1 aromatic carbocycles. The summed E-state index contributed by atoms with van der Waals surface area (Å²) in [5, 5.41) is 48.8. The molecule has 2 rings (SSSR count). The summed E-state index contributed by atoms with van der Waals surface area (Å²) in [7, 11) is 0. The smallest absolute Gasteiger partial charge is 0.245 e. The van der Waals surface area contributed by atoms with Crippen LogP contribution in [-0.4, -0.2) is 234 Å². The summed E-state index contributed by atoms with van der Waals surface area (Å²) in [6, 6.07) is -4.01. The molecular weight excluding hydrogens is 1290 g/mol. The molecule has 1 heterocycles. The number of aliphatic hydroxyl groups excluding tert-OH is 2. The fraction of sp³-hybridized carbons (Fsp3) is 0.716. The molecule has 22 N–H and O–H groups in total. The Labute approximate surface area is 582 Å². The summed E-state index contributed by atoms with van der Waals surface area (Å²) >= 11 is 0. The first-order chi connectivity index (χ1) is 47.5. The first-order valence-corrected chi connectivity index (χ1v) is 34.7. The van der Waals surface area contributed by atoms with E-state index in [4.69, 9.17) is 54.0 Å². The zero-order valence-electron chi connectivity index (χ0n) is 58.3. The standard InChI is InChI=1S/C67H115N15O17/c1-6-8-10-18-55(84)46(17-13-14-19-56(85)47(20-27-68)74-57(86)26-34-97-36-38-99-40-39-98-37-35-96-33-7-2)59(87)75-48(21-28-69)60(88)79-52-25-32-73-67(95)58(44(5)83)82-64(92)51(24-31-72)77-61(89)49(22-29-70)78-65(93)53(41-43(3)4)80-66(94)54(42-45-15-11-9-12-16-45)81-62(90)50(23-30-71)76-63(52)91/h2,9,11-12,15-16,43-44,46-55,58,83-84H,6,8,10,13-14,17-42,68-72H2,1,3-5H3,(H,73,95)(H,74,86)(H,75,87)(H,76,91)(H,77,89)(H,78,93)(H,79,88)(H,80,94)(H,81,90)(H,82,92)/t44-,46+,47+,48+,49+,50+,51+,52+,53+,54-,55-,58+/m1/s1. The predicted molar refractivity (Wildman–Crippen MR) is 368 cm³/mol. The molecule has 0 unspecified atom stereocenters. The molecule has 1 aliphatic rings. The van der Waals surface area contributed by atoms with E-state index in [1.54, 1.807) is 44.2 Å². The lowest BCUT2D eigenvalue weighted by atomic mass is 9.90. The van der Waals surface area contributed by atoms with Crippen LogP contribution in [-0.2, 0) is 78.1 Å². The Morgan fingerprint density at radius 3 is 1.62 bits per heavy atom. The van der Waals surface area contributed by atoms with Gasteiger partial charge >= 0.3 is 0 Å². The minimum atomic E-state index is -1.68. The third kappa shape index (κ3) is 36.1. The Kier molecular flexibility index (Phi) is 45.9. The summed E-state index contributed by atoms with van der Waals surface area (Å²) in [6.45, 7) is 8.04. The molecule has 0 bridgehead atoms. The highest BCUT2D eigenvalue weighted by molar-refractivity contribution is 5.98. The quantitative estimate of drug-likeness (QED) is 0.0219. The maximum absolute atomic E-state index is 14.7. The molecule has 12 atom stereocenters. The van der Waals surface area contributed by atoms with E-state index in [1.165, 1.54) is 6.92 Å². The Morgan fingerprint density at radius 2 is 1.07 bits per heavy atom. The summed E-state index contributed by atoms with van der Waals surface area (Å²) in [5.74, 6) is -7.62. The van der Waals surface area contributed by atoms with Crippen molar-refractivity contribution in [1.82, 2.24) is 53.2 Å². The number of amides is 10. The second-order valence-electron chi connectivity index (χ2n) is 24.8. The fourth-order valence-corrected chi connectivity index (χ4v) is 10.6. The molecule has 1 aromatic rings. The summed E-state index contributed by atoms with van der Waals surface area (Å²) in [6.07, 6.45) is 4.22. The van der Waals surface area contributed by atoms with Crippen LogP contribution in [0.2, 0.25) is 0 Å². The topological polar surface area (TPSA) is 516 Å². The van der Waals surface area contributed by atoms with E-state index < -0.39 is 145 Å². The second-order valence-corrected chi connectivity index (χ2v) is 24.8. The van der Waals surface area contributed by atoms with Crippen molar-refractivity contribution in [3.8, 4) is 12.3 Å². The summed E-state index contributed by atoms with van der Waals surface area (Å²) in [5.41, 5.74) is 30.2. The lowest BCUT2D eigenvalue weighted by molar-refractivity contribution is -0.136. The van der Waals surface area contributed by atoms with Crippen LogP contribution in [0.5, 0.6) is 0 Å². The van der Waals surface area contributed by atoms with Crippen LogP contribution in [0, 0.1) is 24.2 Å². The van der Waals surface area contributed by atoms with Gasteiger partial charge in [-0.15, -0.1) is 6.42 Å². The van der Waals surface area contributed by atoms with Crippen molar-refractivity contribution in [3.63, 3.8) is 0 Å². The molecule has 0 spiro atoms. The average molecular weight is 1400 g/mol. The van der Waals surface area contributed by atoms with Gasteiger partial charge in [0, 0.05) is 25.8 Å². The molecule has 32 heteroatoms. The van der Waals surface area contributed by atoms with Gasteiger partial charge in [0.2, 0.25) is 59.1 Å². The Hall–Kier alpha value is -7.29. The lowest BCUT2D eigenvalue weighted by Crippen LogP contribution is -2.61. The number of terminal acetylenes is 1. The van der Waals surface area contributed by atoms with Gasteiger partial charge in [-0.3, -0.25) is 52.7 Å². The van der Waals surface area contributed by atoms with Gasteiger partial charge in [0.05, 0.1) is 70.4 Å². The van der Waals surface area contributed by atoms with Crippen LogP contribution in [0.25, 0.3) is 0 Å². The number of nitrogens with one attached hydrogen (secondary N) is 10. The maximum Gasteiger partial charge on any atom is 0.245 e. The van der Waals surface area contributed by atoms with Crippen LogP contribution >= 0.6 is 0 Å². The third-order valence-electron chi connectivity index (χ3n) is 16.1. The highest BCUT2D eigenvalue weighted by Gasteiger charge is 2.37. The van der Waals surface area contributed by atoms with Gasteiger partial charge < -0.3 is 111 Å². The molecule has 0 aromatic heterocycles. The predicted octanol–water partition coefficient (Wildman–Crippen LogP) is -3.94. The van der Waals surface area contributed by atoms with Gasteiger partial charge in [0.15, 0.2) is 5.78 Å². The number of unbranched alkanes of at least 4 members (excludes halogenated alkanes) is 3. The number of carbonyl (C=O) groups is 11. The van der Waals surface area contributed by atoms with Crippen LogP contribution < -0.4 is 81.8 Å². The Morgan fingerprint density at radius 1 is 0.566 bits per heavy atom. The zero-order chi connectivity index (χ0) is 73.5. The molecule has 32 nitrogen and oxygen atoms in total. The Balaban J connectivity index is 2.50. The number of nitrogens with two attached hydrogens (primary N) is 5. The molecule has 1 saturated heterocycles. The molecule has 560 valence electrons. The molecule has 0 aliphatic carbocycles. The Bertz CT molecular complexity index is 2640. The molecule has 99 heavy (non-hydrogen) atoms. The maximum atomic E-state index is 14.7. The zero-order valence-corrected chi connectivity index (χ0v) is 58.3. The molecule has 10 amide bonds. The largest absolute Gasteiger partial charge is 0.392 e. The highest BCUT2D eigenvalue weighted by atomic mass is 16.6. The monoisotopic (exact) mass is 1400 g/mol. The first kappa shape index (κ1) is 87.8. The van der Waals surface area contributed by atoms with E-state index in [2.05, 4.69) is 59.1 Å². The van der Waals surface area contributed by atoms with E-state index >= 15 is 0 Å².